The molecule has 0 saturated heterocycles. The van der Waals surface area contributed by atoms with Crippen LogP contribution in [0.25, 0.3) is 0 Å². The molecular weight excluding hydrogens is 259 g/mol. The van der Waals surface area contributed by atoms with Gasteiger partial charge in [-0.2, -0.15) is 0 Å². The van der Waals surface area contributed by atoms with Gasteiger partial charge in [0, 0.05) is 17.8 Å². The van der Waals surface area contributed by atoms with Gasteiger partial charge in [-0.1, -0.05) is 24.4 Å². The highest BCUT2D eigenvalue weighted by atomic mass is 32.1. The zero-order chi connectivity index (χ0) is 13.7. The van der Waals surface area contributed by atoms with E-state index < -0.39 is 0 Å². The number of hydrogen-bond acceptors (Lipinski definition) is 2. The number of hydrogen-bond donors (Lipinski definition) is 2. The maximum Gasteiger partial charge on any atom is 0.123 e. The Bertz CT molecular complexity index is 549. The molecule has 0 bridgehead atoms. The Morgan fingerprint density at radius 2 is 1.68 bits per heavy atom. The molecule has 0 atom stereocenters. The van der Waals surface area contributed by atoms with E-state index in [2.05, 4.69) is 5.32 Å². The number of thiocarbonyl (C=S) groups is 1. The maximum atomic E-state index is 12.7. The quantitative estimate of drug-likeness (QED) is 0.823. The second kappa shape index (κ2) is 6.29. The predicted molar refractivity (Wildman–Crippen MR) is 80.9 cm³/mol. The summed E-state index contributed by atoms with van der Waals surface area (Å²) in [5.74, 6) is -0.204. The van der Waals surface area contributed by atoms with E-state index in [1.807, 2.05) is 24.3 Å². The number of nitrogens with one attached hydrogen (secondary N) is 1. The van der Waals surface area contributed by atoms with Crippen LogP contribution in [0.3, 0.4) is 0 Å². The fourth-order valence-corrected chi connectivity index (χ4v) is 1.89. The van der Waals surface area contributed by atoms with E-state index in [1.54, 1.807) is 12.1 Å². The number of anilines is 1. The Kier molecular flexibility index (Phi) is 4.47. The summed E-state index contributed by atoms with van der Waals surface area (Å²) in [6.45, 7) is 0.790. The molecule has 98 valence electrons. The largest absolute Gasteiger partial charge is 0.389 e. The van der Waals surface area contributed by atoms with Gasteiger partial charge in [-0.3, -0.25) is 0 Å². The summed E-state index contributed by atoms with van der Waals surface area (Å²) in [5, 5.41) is 3.30. The third-order valence-corrected chi connectivity index (χ3v) is 3.06. The Morgan fingerprint density at radius 3 is 2.26 bits per heavy atom. The standard InChI is InChI=1S/C15H15FN2S/c16-13-5-1-11(2-6-13)9-10-18-14-7-3-12(4-8-14)15(17)19/h1-8,18H,9-10H2,(H2,17,19). The van der Waals surface area contributed by atoms with Crippen molar-refractivity contribution in [3.63, 3.8) is 0 Å². The molecule has 2 aromatic carbocycles. The van der Waals surface area contributed by atoms with E-state index >= 15 is 0 Å². The minimum absolute atomic E-state index is 0.204. The SMILES string of the molecule is NC(=S)c1ccc(NCCc2ccc(F)cc2)cc1. The maximum absolute atomic E-state index is 12.7. The van der Waals surface area contributed by atoms with Gasteiger partial charge in [-0.05, 0) is 48.4 Å². The third kappa shape index (κ3) is 4.03. The van der Waals surface area contributed by atoms with Crippen molar-refractivity contribution in [2.45, 2.75) is 6.42 Å². The molecule has 2 nitrogen and oxygen atoms in total. The van der Waals surface area contributed by atoms with E-state index in [1.165, 1.54) is 12.1 Å². The zero-order valence-electron chi connectivity index (χ0n) is 10.4. The molecular formula is C15H15FN2S. The molecule has 4 heteroatoms. The normalized spacial score (nSPS) is 10.2. The summed E-state index contributed by atoms with van der Waals surface area (Å²) < 4.78 is 12.7. The molecule has 0 heterocycles. The molecule has 0 aromatic heterocycles. The van der Waals surface area contributed by atoms with Crippen LogP contribution in [0.4, 0.5) is 10.1 Å². The second-order valence-corrected chi connectivity index (χ2v) is 4.68. The average Bonchev–Trinajstić information content (AvgIpc) is 2.41. The van der Waals surface area contributed by atoms with Crippen LogP contribution >= 0.6 is 12.2 Å². The number of benzene rings is 2. The van der Waals surface area contributed by atoms with E-state index in [0.29, 0.717) is 4.99 Å². The van der Waals surface area contributed by atoms with Crippen LogP contribution < -0.4 is 11.1 Å². The highest BCUT2D eigenvalue weighted by Gasteiger charge is 1.97. The first-order chi connectivity index (χ1) is 9.15. The van der Waals surface area contributed by atoms with Gasteiger partial charge in [-0.15, -0.1) is 0 Å². The molecule has 0 aliphatic carbocycles. The third-order valence-electron chi connectivity index (χ3n) is 2.83. The number of halogens is 1. The van der Waals surface area contributed by atoms with E-state index in [-0.39, 0.29) is 5.82 Å². The zero-order valence-corrected chi connectivity index (χ0v) is 11.2. The van der Waals surface area contributed by atoms with Gasteiger partial charge < -0.3 is 11.1 Å². The van der Waals surface area contributed by atoms with Crippen LogP contribution in [-0.4, -0.2) is 11.5 Å². The predicted octanol–water partition coefficient (Wildman–Crippen LogP) is 3.11. The van der Waals surface area contributed by atoms with Gasteiger partial charge in [0.25, 0.3) is 0 Å². The molecule has 0 aliphatic heterocycles. The Balaban J connectivity index is 1.85. The van der Waals surface area contributed by atoms with Crippen molar-refractivity contribution >= 4 is 22.9 Å². The van der Waals surface area contributed by atoms with Crippen molar-refractivity contribution in [3.8, 4) is 0 Å². The first kappa shape index (κ1) is 13.5. The Hall–Kier alpha value is -1.94. The van der Waals surface area contributed by atoms with Gasteiger partial charge >= 0.3 is 0 Å². The molecule has 0 radical (unpaired) electrons. The van der Waals surface area contributed by atoms with Crippen molar-refractivity contribution in [1.82, 2.24) is 0 Å². The summed E-state index contributed by atoms with van der Waals surface area (Å²) in [6.07, 6.45) is 0.845. The topological polar surface area (TPSA) is 38.0 Å². The van der Waals surface area contributed by atoms with E-state index in [4.69, 9.17) is 18.0 Å². The average molecular weight is 274 g/mol. The summed E-state index contributed by atoms with van der Waals surface area (Å²) in [4.78, 5) is 0.401. The number of rotatable bonds is 5. The first-order valence-corrected chi connectivity index (χ1v) is 6.44. The molecule has 2 rings (SSSR count). The minimum atomic E-state index is -0.204. The van der Waals surface area contributed by atoms with E-state index in [0.717, 1.165) is 29.8 Å². The smallest absolute Gasteiger partial charge is 0.123 e. The van der Waals surface area contributed by atoms with Crippen molar-refractivity contribution in [2.75, 3.05) is 11.9 Å². The second-order valence-electron chi connectivity index (χ2n) is 4.24. The van der Waals surface area contributed by atoms with Gasteiger partial charge in [0.1, 0.15) is 10.8 Å². The van der Waals surface area contributed by atoms with Crippen LogP contribution in [-0.2, 0) is 6.42 Å². The summed E-state index contributed by atoms with van der Waals surface area (Å²) in [6, 6.07) is 14.2. The van der Waals surface area contributed by atoms with Crippen molar-refractivity contribution < 1.29 is 4.39 Å². The molecule has 3 N–H and O–H groups in total. The molecule has 0 fully saturated rings. The monoisotopic (exact) mass is 274 g/mol. The molecule has 0 aliphatic rings. The molecule has 2 aromatic rings. The fraction of sp³-hybridized carbons (Fsp3) is 0.133. The highest BCUT2D eigenvalue weighted by molar-refractivity contribution is 7.80. The van der Waals surface area contributed by atoms with E-state index in [9.17, 15) is 4.39 Å². The van der Waals surface area contributed by atoms with Crippen LogP contribution in [0.2, 0.25) is 0 Å². The van der Waals surface area contributed by atoms with Crippen LogP contribution in [0, 0.1) is 5.82 Å². The first-order valence-electron chi connectivity index (χ1n) is 6.03. The lowest BCUT2D eigenvalue weighted by Gasteiger charge is -2.07. The van der Waals surface area contributed by atoms with Gasteiger partial charge in [-0.25, -0.2) is 4.39 Å². The van der Waals surface area contributed by atoms with Gasteiger partial charge in [0.15, 0.2) is 0 Å². The fourth-order valence-electron chi connectivity index (χ4n) is 1.75. The lowest BCUT2D eigenvalue weighted by molar-refractivity contribution is 0.627. The molecule has 0 spiro atoms. The molecule has 0 saturated carbocycles. The van der Waals surface area contributed by atoms with Crippen LogP contribution in [0.5, 0.6) is 0 Å². The molecule has 0 amide bonds. The molecule has 0 unspecified atom stereocenters. The lowest BCUT2D eigenvalue weighted by atomic mass is 10.1. The summed E-state index contributed by atoms with van der Waals surface area (Å²) in [5.41, 5.74) is 8.51. The summed E-state index contributed by atoms with van der Waals surface area (Å²) in [7, 11) is 0. The summed E-state index contributed by atoms with van der Waals surface area (Å²) >= 11 is 4.89. The van der Waals surface area contributed by atoms with Gasteiger partial charge in [0.2, 0.25) is 0 Å². The van der Waals surface area contributed by atoms with Crippen LogP contribution in [0.15, 0.2) is 48.5 Å². The Morgan fingerprint density at radius 1 is 1.05 bits per heavy atom. The number of nitrogens with two attached hydrogens (primary N) is 1. The molecule has 19 heavy (non-hydrogen) atoms. The van der Waals surface area contributed by atoms with Crippen molar-refractivity contribution in [1.29, 1.82) is 0 Å². The lowest BCUT2D eigenvalue weighted by Crippen LogP contribution is -2.09. The van der Waals surface area contributed by atoms with Crippen molar-refractivity contribution in [2.24, 2.45) is 5.73 Å². The van der Waals surface area contributed by atoms with Gasteiger partial charge in [0.05, 0.1) is 0 Å². The highest BCUT2D eigenvalue weighted by Crippen LogP contribution is 2.10. The van der Waals surface area contributed by atoms with Crippen LogP contribution in [0.1, 0.15) is 11.1 Å². The van der Waals surface area contributed by atoms with Crippen molar-refractivity contribution in [3.05, 3.63) is 65.5 Å². The Labute approximate surface area is 117 Å². The minimum Gasteiger partial charge on any atom is -0.389 e.